The average molecular weight is 303 g/mol. The molecule has 0 radical (unpaired) electrons. The van der Waals surface area contributed by atoms with E-state index in [2.05, 4.69) is 5.32 Å². The van der Waals surface area contributed by atoms with Crippen LogP contribution in [0.4, 0.5) is 0 Å². The number of hydrogen-bond donors (Lipinski definition) is 8. The zero-order valence-electron chi connectivity index (χ0n) is 10.9. The second-order valence-electron chi connectivity index (χ2n) is 4.79. The van der Waals surface area contributed by atoms with Crippen LogP contribution in [0, 0.1) is 0 Å². The average Bonchev–Trinajstić information content (AvgIpc) is 2.43. The van der Waals surface area contributed by atoms with Gasteiger partial charge in [0, 0.05) is 0 Å². The van der Waals surface area contributed by atoms with E-state index in [1.165, 1.54) is 0 Å². The van der Waals surface area contributed by atoms with Crippen LogP contribution in [0.5, 0.6) is 28.7 Å². The summed E-state index contributed by atoms with van der Waals surface area (Å²) in [6, 6.07) is 0. The van der Waals surface area contributed by atoms with E-state index >= 15 is 0 Å². The molecule has 0 unspecified atom stereocenters. The highest BCUT2D eigenvalue weighted by Crippen LogP contribution is 2.53. The molecule has 1 aliphatic heterocycles. The minimum Gasteiger partial charge on any atom is -0.504 e. The molecule has 0 aliphatic carbocycles. The van der Waals surface area contributed by atoms with Gasteiger partial charge in [0.25, 0.3) is 0 Å². The van der Waals surface area contributed by atoms with E-state index in [0.717, 1.165) is 0 Å². The van der Waals surface area contributed by atoms with Gasteiger partial charge >= 0.3 is 5.97 Å². The van der Waals surface area contributed by atoms with Gasteiger partial charge in [-0.15, -0.1) is 0 Å². The van der Waals surface area contributed by atoms with Crippen molar-refractivity contribution in [2.24, 2.45) is 0 Å². The SMILES string of the molecule is Oc1c(O)c(O)c(C(O)(O)OC2CCNCC2)c(O)c1O. The fraction of sp³-hybridized carbons (Fsp3) is 0.500. The molecule has 1 aromatic rings. The zero-order chi connectivity index (χ0) is 15.8. The summed E-state index contributed by atoms with van der Waals surface area (Å²) in [6.45, 7) is 1.18. The Hall–Kier alpha value is -1.94. The van der Waals surface area contributed by atoms with Crippen LogP contribution in [0.25, 0.3) is 0 Å². The number of nitrogens with one attached hydrogen (secondary N) is 1. The van der Waals surface area contributed by atoms with Crippen LogP contribution in [0.1, 0.15) is 18.4 Å². The van der Waals surface area contributed by atoms with Crippen molar-refractivity contribution in [1.82, 2.24) is 5.32 Å². The Labute approximate surface area is 119 Å². The summed E-state index contributed by atoms with van der Waals surface area (Å²) < 4.78 is 5.02. The summed E-state index contributed by atoms with van der Waals surface area (Å²) in [5, 5.41) is 70.3. The number of phenols is 5. The topological polar surface area (TPSA) is 163 Å². The maximum Gasteiger partial charge on any atom is 0.314 e. The van der Waals surface area contributed by atoms with Gasteiger partial charge in [-0.25, -0.2) is 0 Å². The zero-order valence-corrected chi connectivity index (χ0v) is 10.9. The summed E-state index contributed by atoms with van der Waals surface area (Å²) >= 11 is 0. The first kappa shape index (κ1) is 15.4. The van der Waals surface area contributed by atoms with Crippen molar-refractivity contribution < 1.29 is 40.5 Å². The Morgan fingerprint density at radius 1 is 0.810 bits per heavy atom. The number of benzene rings is 1. The molecule has 8 N–H and O–H groups in total. The quantitative estimate of drug-likeness (QED) is 0.200. The predicted molar refractivity (Wildman–Crippen MR) is 67.9 cm³/mol. The molecule has 0 atom stereocenters. The lowest BCUT2D eigenvalue weighted by Crippen LogP contribution is -2.39. The molecule has 1 aromatic carbocycles. The highest BCUT2D eigenvalue weighted by atomic mass is 16.8. The van der Waals surface area contributed by atoms with Gasteiger partial charge in [0.1, 0.15) is 5.56 Å². The van der Waals surface area contributed by atoms with Crippen LogP contribution in [-0.4, -0.2) is 54.9 Å². The van der Waals surface area contributed by atoms with Gasteiger partial charge in [-0.2, -0.15) is 0 Å². The first-order valence-electron chi connectivity index (χ1n) is 6.28. The third-order valence-corrected chi connectivity index (χ3v) is 3.31. The van der Waals surface area contributed by atoms with Crippen LogP contribution in [-0.2, 0) is 10.7 Å². The lowest BCUT2D eigenvalue weighted by molar-refractivity contribution is -0.369. The number of phenolic OH excluding ortho intramolecular Hbond substituents is 5. The Balaban J connectivity index is 2.39. The molecule has 21 heavy (non-hydrogen) atoms. The smallest absolute Gasteiger partial charge is 0.314 e. The Morgan fingerprint density at radius 3 is 1.71 bits per heavy atom. The van der Waals surface area contributed by atoms with Gasteiger partial charge in [-0.05, 0) is 25.9 Å². The molecule has 9 heteroatoms. The van der Waals surface area contributed by atoms with Gasteiger partial charge < -0.3 is 45.8 Å². The largest absolute Gasteiger partial charge is 0.504 e. The second-order valence-corrected chi connectivity index (χ2v) is 4.79. The van der Waals surface area contributed by atoms with Gasteiger partial charge in [-0.3, -0.25) is 0 Å². The molecule has 0 spiro atoms. The third-order valence-electron chi connectivity index (χ3n) is 3.31. The van der Waals surface area contributed by atoms with Crippen LogP contribution >= 0.6 is 0 Å². The van der Waals surface area contributed by atoms with E-state index < -0.39 is 46.4 Å². The fourth-order valence-corrected chi connectivity index (χ4v) is 2.20. The van der Waals surface area contributed by atoms with E-state index in [0.29, 0.717) is 25.9 Å². The molecule has 0 amide bonds. The van der Waals surface area contributed by atoms with Gasteiger partial charge in [0.05, 0.1) is 6.10 Å². The van der Waals surface area contributed by atoms with E-state index in [-0.39, 0.29) is 0 Å². The lowest BCUT2D eigenvalue weighted by atomic mass is 10.1. The molecule has 1 heterocycles. The fourth-order valence-electron chi connectivity index (χ4n) is 2.20. The summed E-state index contributed by atoms with van der Waals surface area (Å²) in [5.74, 6) is -9.17. The Bertz CT molecular complexity index is 510. The van der Waals surface area contributed by atoms with Crippen molar-refractivity contribution in [2.75, 3.05) is 13.1 Å². The molecule has 2 rings (SSSR count). The molecular formula is C12H17NO8. The summed E-state index contributed by atoms with van der Waals surface area (Å²) in [4.78, 5) is 0. The number of ether oxygens (including phenoxy) is 1. The lowest BCUT2D eigenvalue weighted by Gasteiger charge is -2.31. The molecule has 0 aromatic heterocycles. The standard InChI is InChI=1S/C12H17NO8/c14-7-6(8(15)10(17)11(18)9(7)16)12(19,20)21-5-1-3-13-4-2-5/h5,13-20H,1-4H2. The molecule has 0 saturated carbocycles. The van der Waals surface area contributed by atoms with Crippen molar-refractivity contribution in [2.45, 2.75) is 24.9 Å². The molecule has 1 fully saturated rings. The van der Waals surface area contributed by atoms with Crippen molar-refractivity contribution in [1.29, 1.82) is 0 Å². The first-order valence-corrected chi connectivity index (χ1v) is 6.28. The molecule has 118 valence electrons. The predicted octanol–water partition coefficient (Wildman–Crippen LogP) is -0.922. The minimum atomic E-state index is -3.15. The van der Waals surface area contributed by atoms with E-state index in [1.807, 2.05) is 0 Å². The Morgan fingerprint density at radius 2 is 1.24 bits per heavy atom. The number of piperidine rings is 1. The van der Waals surface area contributed by atoms with Crippen molar-refractivity contribution in [3.8, 4) is 28.7 Å². The highest BCUT2D eigenvalue weighted by Gasteiger charge is 2.41. The van der Waals surface area contributed by atoms with Crippen LogP contribution in [0.2, 0.25) is 0 Å². The minimum absolute atomic E-state index is 0.459. The van der Waals surface area contributed by atoms with Crippen LogP contribution in [0.15, 0.2) is 0 Å². The molecule has 1 saturated heterocycles. The van der Waals surface area contributed by atoms with Gasteiger partial charge in [0.2, 0.25) is 17.2 Å². The van der Waals surface area contributed by atoms with E-state index in [1.54, 1.807) is 0 Å². The summed E-state index contributed by atoms with van der Waals surface area (Å²) in [5.41, 5.74) is -1.05. The van der Waals surface area contributed by atoms with Crippen molar-refractivity contribution in [3.05, 3.63) is 5.56 Å². The van der Waals surface area contributed by atoms with E-state index in [9.17, 15) is 35.7 Å². The third kappa shape index (κ3) is 2.76. The van der Waals surface area contributed by atoms with Crippen molar-refractivity contribution in [3.63, 3.8) is 0 Å². The number of aromatic hydroxyl groups is 5. The molecular weight excluding hydrogens is 286 g/mol. The second kappa shape index (κ2) is 5.45. The van der Waals surface area contributed by atoms with Crippen LogP contribution in [0.3, 0.4) is 0 Å². The highest BCUT2D eigenvalue weighted by molar-refractivity contribution is 5.68. The van der Waals surface area contributed by atoms with Gasteiger partial charge in [-0.1, -0.05) is 0 Å². The normalized spacial score (nSPS) is 17.0. The Kier molecular flexibility index (Phi) is 4.01. The maximum absolute atomic E-state index is 9.93. The summed E-state index contributed by atoms with van der Waals surface area (Å²) in [6.07, 6.45) is 0.346. The number of hydrogen-bond acceptors (Lipinski definition) is 9. The van der Waals surface area contributed by atoms with Crippen molar-refractivity contribution >= 4 is 0 Å². The number of aliphatic hydroxyl groups is 2. The molecule has 9 nitrogen and oxygen atoms in total. The first-order chi connectivity index (χ1) is 9.75. The molecule has 0 bridgehead atoms. The van der Waals surface area contributed by atoms with Crippen LogP contribution < -0.4 is 5.32 Å². The van der Waals surface area contributed by atoms with Gasteiger partial charge in [0.15, 0.2) is 11.5 Å². The molecule has 1 aliphatic rings. The monoisotopic (exact) mass is 303 g/mol. The van der Waals surface area contributed by atoms with E-state index in [4.69, 9.17) is 4.74 Å². The maximum atomic E-state index is 9.93. The summed E-state index contributed by atoms with van der Waals surface area (Å²) in [7, 11) is 0. The number of rotatable bonds is 3.